The van der Waals surface area contributed by atoms with E-state index in [9.17, 15) is 27.6 Å². The number of piperazine rings is 2. The summed E-state index contributed by atoms with van der Waals surface area (Å²) >= 11 is 0. The maximum absolute atomic E-state index is 13.3. The van der Waals surface area contributed by atoms with Crippen molar-refractivity contribution < 1.29 is 27.6 Å². The van der Waals surface area contributed by atoms with E-state index in [1.165, 1.54) is 11.0 Å². The fourth-order valence-corrected chi connectivity index (χ4v) is 5.25. The molecule has 8 nitrogen and oxygen atoms in total. The number of fused-ring (bicyclic) bond motifs is 1. The Hall–Kier alpha value is -4.12. The minimum absolute atomic E-state index is 0.0607. The van der Waals surface area contributed by atoms with E-state index in [2.05, 4.69) is 10.6 Å². The van der Waals surface area contributed by atoms with Crippen molar-refractivity contribution in [3.8, 4) is 0 Å². The highest BCUT2D eigenvalue weighted by Crippen LogP contribution is 2.32. The number of carbonyl (C=O) groups is 3. The number of amides is 3. The van der Waals surface area contributed by atoms with Crippen molar-refractivity contribution in [3.05, 3.63) is 72.3 Å². The molecule has 1 atom stereocenters. The van der Waals surface area contributed by atoms with Crippen LogP contribution in [0.15, 0.2) is 66.7 Å². The van der Waals surface area contributed by atoms with Gasteiger partial charge in [0.25, 0.3) is 0 Å². The van der Waals surface area contributed by atoms with Crippen LogP contribution >= 0.6 is 0 Å². The lowest BCUT2D eigenvalue weighted by molar-refractivity contribution is -0.145. The summed E-state index contributed by atoms with van der Waals surface area (Å²) in [6, 6.07) is 17.5. The minimum atomic E-state index is -4.41. The summed E-state index contributed by atoms with van der Waals surface area (Å²) in [6.45, 7) is 2.54. The Balaban J connectivity index is 1.18. The Kier molecular flexibility index (Phi) is 7.92. The van der Waals surface area contributed by atoms with Crippen LogP contribution in [0.4, 0.5) is 24.5 Å². The van der Waals surface area contributed by atoms with Crippen molar-refractivity contribution in [1.29, 1.82) is 0 Å². The van der Waals surface area contributed by atoms with Crippen LogP contribution in [0.5, 0.6) is 0 Å². The van der Waals surface area contributed by atoms with Crippen LogP contribution < -0.4 is 15.5 Å². The van der Waals surface area contributed by atoms with Crippen molar-refractivity contribution in [2.24, 2.45) is 0 Å². The second kappa shape index (κ2) is 11.5. The Morgan fingerprint density at radius 3 is 2.42 bits per heavy atom. The topological polar surface area (TPSA) is 85.0 Å². The number of nitrogens with zero attached hydrogens (tertiary/aromatic N) is 3. The highest BCUT2D eigenvalue weighted by atomic mass is 19.4. The quantitative estimate of drug-likeness (QED) is 0.489. The lowest BCUT2D eigenvalue weighted by atomic mass is 10.1. The van der Waals surface area contributed by atoms with Crippen molar-refractivity contribution in [2.45, 2.75) is 18.6 Å². The molecule has 0 bridgehead atoms. The molecule has 0 saturated carbocycles. The van der Waals surface area contributed by atoms with Crippen LogP contribution in [0.3, 0.4) is 0 Å². The van der Waals surface area contributed by atoms with Crippen molar-refractivity contribution in [3.63, 3.8) is 0 Å². The SMILES string of the molecule is O=C(C[C@H]1C(=O)NCCN1C(=O)CN1CCN(c2cccc(C(F)(F)F)c2)CC1)Nc1cccc2ccccc12. The van der Waals surface area contributed by atoms with Crippen LogP contribution in [0.2, 0.25) is 0 Å². The van der Waals surface area contributed by atoms with Gasteiger partial charge in [-0.25, -0.2) is 0 Å². The van der Waals surface area contributed by atoms with Gasteiger partial charge in [-0.3, -0.25) is 19.3 Å². The monoisotopic (exact) mass is 553 g/mol. The van der Waals surface area contributed by atoms with E-state index < -0.39 is 17.8 Å². The third kappa shape index (κ3) is 6.20. The molecule has 2 N–H and O–H groups in total. The molecule has 2 saturated heterocycles. The third-order valence-electron chi connectivity index (χ3n) is 7.36. The lowest BCUT2D eigenvalue weighted by Crippen LogP contribution is -2.60. The summed E-state index contributed by atoms with van der Waals surface area (Å²) in [5, 5.41) is 7.48. The summed E-state index contributed by atoms with van der Waals surface area (Å²) in [4.78, 5) is 44.2. The van der Waals surface area contributed by atoms with E-state index in [0.29, 0.717) is 50.6 Å². The summed E-state index contributed by atoms with van der Waals surface area (Å²) in [5.74, 6) is -1.00. The van der Waals surface area contributed by atoms with Crippen LogP contribution in [0, 0.1) is 0 Å². The molecule has 3 aromatic carbocycles. The van der Waals surface area contributed by atoms with Gasteiger partial charge in [0.1, 0.15) is 6.04 Å². The first-order valence-corrected chi connectivity index (χ1v) is 13.2. The van der Waals surface area contributed by atoms with E-state index >= 15 is 0 Å². The molecule has 11 heteroatoms. The van der Waals surface area contributed by atoms with Crippen molar-refractivity contribution >= 4 is 39.9 Å². The number of rotatable bonds is 6. The number of anilines is 2. The molecule has 2 aliphatic rings. The molecule has 40 heavy (non-hydrogen) atoms. The van der Waals surface area contributed by atoms with Crippen LogP contribution in [0.25, 0.3) is 10.8 Å². The fourth-order valence-electron chi connectivity index (χ4n) is 5.25. The van der Waals surface area contributed by atoms with Crippen LogP contribution in [-0.4, -0.2) is 79.4 Å². The number of alkyl halides is 3. The molecule has 2 aliphatic heterocycles. The van der Waals surface area contributed by atoms with Gasteiger partial charge >= 0.3 is 6.18 Å². The van der Waals surface area contributed by atoms with Gasteiger partial charge in [-0.15, -0.1) is 0 Å². The van der Waals surface area contributed by atoms with Gasteiger partial charge in [0, 0.05) is 56.0 Å². The molecule has 0 spiro atoms. The zero-order valence-electron chi connectivity index (χ0n) is 21.8. The zero-order chi connectivity index (χ0) is 28.3. The first kappa shape index (κ1) is 27.4. The van der Waals surface area contributed by atoms with E-state index in [4.69, 9.17) is 0 Å². The number of carbonyl (C=O) groups excluding carboxylic acids is 3. The number of hydrogen-bond acceptors (Lipinski definition) is 5. The third-order valence-corrected chi connectivity index (χ3v) is 7.36. The molecule has 0 aromatic heterocycles. The van der Waals surface area contributed by atoms with E-state index in [0.717, 1.165) is 22.9 Å². The van der Waals surface area contributed by atoms with E-state index in [-0.39, 0.29) is 30.7 Å². The van der Waals surface area contributed by atoms with E-state index in [1.54, 1.807) is 12.1 Å². The normalized spacial score (nSPS) is 18.5. The van der Waals surface area contributed by atoms with Crippen LogP contribution in [-0.2, 0) is 20.6 Å². The molecule has 3 amide bonds. The number of halogens is 3. The molecule has 3 aromatic rings. The molecule has 0 radical (unpaired) electrons. The molecule has 0 aliphatic carbocycles. The summed E-state index contributed by atoms with van der Waals surface area (Å²) in [5.41, 5.74) is 0.433. The molecule has 2 heterocycles. The van der Waals surface area contributed by atoms with Crippen molar-refractivity contribution in [2.75, 3.05) is 56.0 Å². The standard InChI is InChI=1S/C29H30F3N5O3/c30-29(31,32)21-7-4-8-22(17-21)36-15-13-35(14-16-36)19-27(39)37-12-11-33-28(40)25(37)18-26(38)34-24-10-3-6-20-5-1-2-9-23(20)24/h1-10,17,25H,11-16,18-19H2,(H,33,40)(H,34,38)/t25-/m0/s1. The number of benzene rings is 3. The molecule has 210 valence electrons. The first-order valence-electron chi connectivity index (χ1n) is 13.2. The highest BCUT2D eigenvalue weighted by Gasteiger charge is 2.36. The Morgan fingerprint density at radius 2 is 1.65 bits per heavy atom. The average Bonchev–Trinajstić information content (AvgIpc) is 2.94. The Labute approximate surface area is 229 Å². The molecule has 5 rings (SSSR count). The summed E-state index contributed by atoms with van der Waals surface area (Å²) < 4.78 is 39.3. The van der Waals surface area contributed by atoms with Gasteiger partial charge in [-0.2, -0.15) is 13.2 Å². The van der Waals surface area contributed by atoms with Gasteiger partial charge < -0.3 is 20.4 Å². The summed E-state index contributed by atoms with van der Waals surface area (Å²) in [6.07, 6.45) is -4.59. The molecule has 2 fully saturated rings. The predicted molar refractivity (Wildman–Crippen MR) is 146 cm³/mol. The smallest absolute Gasteiger partial charge is 0.369 e. The van der Waals surface area contributed by atoms with Gasteiger partial charge in [0.05, 0.1) is 18.5 Å². The molecular formula is C29H30F3N5O3. The fraction of sp³-hybridized carbons (Fsp3) is 0.345. The lowest BCUT2D eigenvalue weighted by Gasteiger charge is -2.39. The van der Waals surface area contributed by atoms with Gasteiger partial charge in [-0.05, 0) is 29.7 Å². The molecular weight excluding hydrogens is 523 g/mol. The minimum Gasteiger partial charge on any atom is -0.369 e. The van der Waals surface area contributed by atoms with Crippen molar-refractivity contribution in [1.82, 2.24) is 15.1 Å². The highest BCUT2D eigenvalue weighted by molar-refractivity contribution is 6.04. The van der Waals surface area contributed by atoms with Gasteiger partial charge in [0.2, 0.25) is 17.7 Å². The number of nitrogens with one attached hydrogen (secondary N) is 2. The molecule has 0 unspecified atom stereocenters. The summed E-state index contributed by atoms with van der Waals surface area (Å²) in [7, 11) is 0. The predicted octanol–water partition coefficient (Wildman–Crippen LogP) is 3.34. The second-order valence-corrected chi connectivity index (χ2v) is 9.98. The number of hydrogen-bond donors (Lipinski definition) is 2. The average molecular weight is 554 g/mol. The Morgan fingerprint density at radius 1 is 0.925 bits per heavy atom. The van der Waals surface area contributed by atoms with Crippen LogP contribution in [0.1, 0.15) is 12.0 Å². The maximum Gasteiger partial charge on any atom is 0.416 e. The largest absolute Gasteiger partial charge is 0.416 e. The van der Waals surface area contributed by atoms with E-state index in [1.807, 2.05) is 46.2 Å². The van der Waals surface area contributed by atoms with Gasteiger partial charge in [0.15, 0.2) is 0 Å². The zero-order valence-corrected chi connectivity index (χ0v) is 21.8. The second-order valence-electron chi connectivity index (χ2n) is 9.98. The Bertz CT molecular complexity index is 1400. The first-order chi connectivity index (χ1) is 19.2. The van der Waals surface area contributed by atoms with Gasteiger partial charge in [-0.1, -0.05) is 42.5 Å². The maximum atomic E-state index is 13.3.